The third kappa shape index (κ3) is 9.77. The van der Waals surface area contributed by atoms with Gasteiger partial charge in [-0.05, 0) is 32.2 Å². The number of nitrogens with two attached hydrogens (primary N) is 3. The highest BCUT2D eigenvalue weighted by atomic mass is 16.2. The fourth-order valence-electron chi connectivity index (χ4n) is 1.41. The van der Waals surface area contributed by atoms with E-state index in [9.17, 15) is 9.59 Å². The molecule has 6 nitrogen and oxygen atoms in total. The van der Waals surface area contributed by atoms with Crippen LogP contribution in [0.3, 0.4) is 0 Å². The van der Waals surface area contributed by atoms with E-state index in [0.29, 0.717) is 32.4 Å². The van der Waals surface area contributed by atoms with Gasteiger partial charge in [-0.3, -0.25) is 9.59 Å². The van der Waals surface area contributed by atoms with Gasteiger partial charge in [0, 0.05) is 13.0 Å². The van der Waals surface area contributed by atoms with Crippen molar-refractivity contribution in [3.8, 4) is 0 Å². The number of carbonyl (C=O) groups is 2. The minimum Gasteiger partial charge on any atom is -0.370 e. The summed E-state index contributed by atoms with van der Waals surface area (Å²) in [6.45, 7) is 1.16. The Morgan fingerprint density at radius 3 is 2.41 bits per heavy atom. The van der Waals surface area contributed by atoms with Gasteiger partial charge in [0.15, 0.2) is 0 Å². The zero-order valence-corrected chi connectivity index (χ0v) is 10.3. The monoisotopic (exact) mass is 244 g/mol. The van der Waals surface area contributed by atoms with Crippen LogP contribution in [0.5, 0.6) is 0 Å². The standard InChI is InChI=1S/C11H24N4O2/c12-7-3-1-5-9(13)11(17)15-8-4-2-6-10(14)16/h9H,1-8,12-13H2,(H2,14,16)(H,15,17)/t9-/m0/s1. The molecule has 0 rings (SSSR count). The molecular formula is C11H24N4O2. The highest BCUT2D eigenvalue weighted by Gasteiger charge is 2.11. The second kappa shape index (κ2) is 10.0. The van der Waals surface area contributed by atoms with Gasteiger partial charge in [0.05, 0.1) is 6.04 Å². The molecule has 100 valence electrons. The Kier molecular flexibility index (Phi) is 9.37. The topological polar surface area (TPSA) is 124 Å². The number of hydrogen-bond acceptors (Lipinski definition) is 4. The molecule has 0 aliphatic carbocycles. The van der Waals surface area contributed by atoms with Crippen molar-refractivity contribution in [2.24, 2.45) is 17.2 Å². The van der Waals surface area contributed by atoms with E-state index < -0.39 is 6.04 Å². The predicted octanol–water partition coefficient (Wildman–Crippen LogP) is -0.785. The van der Waals surface area contributed by atoms with Crippen LogP contribution >= 0.6 is 0 Å². The minimum atomic E-state index is -0.460. The van der Waals surface area contributed by atoms with Crippen LogP contribution in [0.2, 0.25) is 0 Å². The third-order valence-corrected chi connectivity index (χ3v) is 2.46. The average molecular weight is 244 g/mol. The first-order valence-corrected chi connectivity index (χ1v) is 6.09. The number of carbonyl (C=O) groups excluding carboxylic acids is 2. The van der Waals surface area contributed by atoms with Gasteiger partial charge in [0.25, 0.3) is 0 Å². The summed E-state index contributed by atoms with van der Waals surface area (Å²) in [5, 5.41) is 2.74. The summed E-state index contributed by atoms with van der Waals surface area (Å²) in [7, 11) is 0. The Morgan fingerprint density at radius 1 is 1.12 bits per heavy atom. The lowest BCUT2D eigenvalue weighted by Gasteiger charge is -2.11. The molecular weight excluding hydrogens is 220 g/mol. The second-order valence-electron chi connectivity index (χ2n) is 4.11. The second-order valence-corrected chi connectivity index (χ2v) is 4.11. The predicted molar refractivity (Wildman–Crippen MR) is 66.9 cm³/mol. The number of nitrogens with one attached hydrogen (secondary N) is 1. The maximum absolute atomic E-state index is 11.5. The summed E-state index contributed by atoms with van der Waals surface area (Å²) in [5.74, 6) is -0.448. The first-order valence-electron chi connectivity index (χ1n) is 6.09. The number of rotatable bonds is 10. The summed E-state index contributed by atoms with van der Waals surface area (Å²) in [6.07, 6.45) is 4.21. The third-order valence-electron chi connectivity index (χ3n) is 2.46. The Balaban J connectivity index is 3.47. The molecule has 1 atom stereocenters. The van der Waals surface area contributed by atoms with Gasteiger partial charge in [-0.25, -0.2) is 0 Å². The van der Waals surface area contributed by atoms with Crippen molar-refractivity contribution >= 4 is 11.8 Å². The van der Waals surface area contributed by atoms with E-state index in [2.05, 4.69) is 5.32 Å². The molecule has 17 heavy (non-hydrogen) atoms. The van der Waals surface area contributed by atoms with E-state index in [1.54, 1.807) is 0 Å². The van der Waals surface area contributed by atoms with Crippen molar-refractivity contribution in [2.45, 2.75) is 44.6 Å². The molecule has 0 spiro atoms. The highest BCUT2D eigenvalue weighted by Crippen LogP contribution is 1.98. The minimum absolute atomic E-state index is 0.138. The van der Waals surface area contributed by atoms with Crippen molar-refractivity contribution in [1.82, 2.24) is 5.32 Å². The van der Waals surface area contributed by atoms with Gasteiger partial charge in [-0.2, -0.15) is 0 Å². The van der Waals surface area contributed by atoms with Crippen LogP contribution < -0.4 is 22.5 Å². The van der Waals surface area contributed by atoms with Crippen LogP contribution in [0.25, 0.3) is 0 Å². The first kappa shape index (κ1) is 15.9. The Morgan fingerprint density at radius 2 is 1.82 bits per heavy atom. The van der Waals surface area contributed by atoms with Crippen LogP contribution in [0.1, 0.15) is 38.5 Å². The molecule has 0 aromatic rings. The van der Waals surface area contributed by atoms with E-state index in [1.807, 2.05) is 0 Å². The average Bonchev–Trinajstić information content (AvgIpc) is 2.28. The fourth-order valence-corrected chi connectivity index (χ4v) is 1.41. The van der Waals surface area contributed by atoms with Gasteiger partial charge < -0.3 is 22.5 Å². The summed E-state index contributed by atoms with van der Waals surface area (Å²) < 4.78 is 0. The Bertz CT molecular complexity index is 234. The molecule has 2 amide bonds. The van der Waals surface area contributed by atoms with Crippen LogP contribution in [0.15, 0.2) is 0 Å². The zero-order valence-electron chi connectivity index (χ0n) is 10.3. The molecule has 0 fully saturated rings. The normalized spacial score (nSPS) is 12.1. The van der Waals surface area contributed by atoms with Gasteiger partial charge >= 0.3 is 0 Å². The van der Waals surface area contributed by atoms with Crippen LogP contribution in [0.4, 0.5) is 0 Å². The lowest BCUT2D eigenvalue weighted by Crippen LogP contribution is -2.40. The van der Waals surface area contributed by atoms with Gasteiger partial charge in [0.2, 0.25) is 11.8 Å². The van der Waals surface area contributed by atoms with E-state index in [0.717, 1.165) is 19.3 Å². The molecule has 0 aliphatic heterocycles. The molecule has 0 radical (unpaired) electrons. The largest absolute Gasteiger partial charge is 0.370 e. The summed E-state index contributed by atoms with van der Waals surface area (Å²) in [4.78, 5) is 21.9. The summed E-state index contributed by atoms with van der Waals surface area (Å²) in [5.41, 5.74) is 16.0. The fraction of sp³-hybridized carbons (Fsp3) is 0.818. The van der Waals surface area contributed by atoms with Crippen molar-refractivity contribution in [3.63, 3.8) is 0 Å². The van der Waals surface area contributed by atoms with E-state index in [1.165, 1.54) is 0 Å². The zero-order chi connectivity index (χ0) is 13.1. The number of primary amides is 1. The van der Waals surface area contributed by atoms with E-state index in [-0.39, 0.29) is 11.8 Å². The van der Waals surface area contributed by atoms with E-state index in [4.69, 9.17) is 17.2 Å². The van der Waals surface area contributed by atoms with Gasteiger partial charge in [0.1, 0.15) is 0 Å². The molecule has 0 aromatic carbocycles. The van der Waals surface area contributed by atoms with E-state index >= 15 is 0 Å². The van der Waals surface area contributed by atoms with Crippen molar-refractivity contribution in [1.29, 1.82) is 0 Å². The maximum atomic E-state index is 11.5. The quantitative estimate of drug-likeness (QED) is 0.376. The smallest absolute Gasteiger partial charge is 0.236 e. The lowest BCUT2D eigenvalue weighted by molar-refractivity contribution is -0.122. The van der Waals surface area contributed by atoms with Crippen LogP contribution in [-0.2, 0) is 9.59 Å². The van der Waals surface area contributed by atoms with Crippen LogP contribution in [-0.4, -0.2) is 30.9 Å². The van der Waals surface area contributed by atoms with Gasteiger partial charge in [-0.1, -0.05) is 6.42 Å². The Labute approximate surface area is 102 Å². The maximum Gasteiger partial charge on any atom is 0.236 e. The molecule has 0 unspecified atom stereocenters. The summed E-state index contributed by atoms with van der Waals surface area (Å²) >= 11 is 0. The number of amides is 2. The van der Waals surface area contributed by atoms with Gasteiger partial charge in [-0.15, -0.1) is 0 Å². The molecule has 0 heterocycles. The Hall–Kier alpha value is -1.14. The van der Waals surface area contributed by atoms with Crippen molar-refractivity contribution < 1.29 is 9.59 Å². The van der Waals surface area contributed by atoms with Crippen LogP contribution in [0, 0.1) is 0 Å². The molecule has 0 saturated heterocycles. The SMILES string of the molecule is NCCCC[C@H](N)C(=O)NCCCCC(N)=O. The summed E-state index contributed by atoms with van der Waals surface area (Å²) in [6, 6.07) is -0.460. The number of hydrogen-bond donors (Lipinski definition) is 4. The van der Waals surface area contributed by atoms with Crippen molar-refractivity contribution in [2.75, 3.05) is 13.1 Å². The highest BCUT2D eigenvalue weighted by molar-refractivity contribution is 5.81. The molecule has 0 aliphatic rings. The first-order chi connectivity index (χ1) is 8.07. The lowest BCUT2D eigenvalue weighted by atomic mass is 10.1. The molecule has 0 aromatic heterocycles. The molecule has 6 heteroatoms. The number of unbranched alkanes of at least 4 members (excludes halogenated alkanes) is 2. The molecule has 0 bridgehead atoms. The van der Waals surface area contributed by atoms with Crippen molar-refractivity contribution in [3.05, 3.63) is 0 Å². The molecule has 7 N–H and O–H groups in total. The molecule has 0 saturated carbocycles.